The third-order valence-electron chi connectivity index (χ3n) is 1.46. The molecule has 4 nitrogen and oxygen atoms in total. The van der Waals surface area contributed by atoms with Crippen molar-refractivity contribution in [3.63, 3.8) is 0 Å². The Kier molecular flexibility index (Phi) is 1.24. The molecule has 0 spiro atoms. The molecule has 0 saturated carbocycles. The third-order valence-corrected chi connectivity index (χ3v) is 1.46. The van der Waals surface area contributed by atoms with Crippen LogP contribution in [0.1, 0.15) is 0 Å². The lowest BCUT2D eigenvalue weighted by molar-refractivity contribution is 0.591. The van der Waals surface area contributed by atoms with Crippen LogP contribution in [-0.2, 0) is 0 Å². The second kappa shape index (κ2) is 2.13. The fraction of sp³-hybridized carbons (Fsp3) is 0. The Labute approximate surface area is 65.5 Å². The van der Waals surface area contributed by atoms with Crippen molar-refractivity contribution in [2.75, 3.05) is 0 Å². The van der Waals surface area contributed by atoms with Crippen LogP contribution in [-0.4, -0.2) is 11.4 Å². The van der Waals surface area contributed by atoms with E-state index in [0.29, 0.717) is 0 Å². The molecule has 12 heavy (non-hydrogen) atoms. The topological polar surface area (TPSA) is 60.9 Å². The lowest BCUT2D eigenvalue weighted by Gasteiger charge is -2.05. The van der Waals surface area contributed by atoms with Gasteiger partial charge in [0.2, 0.25) is 0 Å². The zero-order chi connectivity index (χ0) is 8.72. The minimum absolute atomic E-state index is 0.0962. The molecule has 1 N–H and O–H groups in total. The Bertz CT molecular complexity index is 386. The maximum Gasteiger partial charge on any atom is 0.190 e. The molecule has 0 unspecified atom stereocenters. The van der Waals surface area contributed by atoms with Crippen molar-refractivity contribution in [3.8, 4) is 0 Å². The third kappa shape index (κ3) is 0.744. The van der Waals surface area contributed by atoms with Crippen molar-refractivity contribution in [3.05, 3.63) is 23.4 Å². The number of allylic oxidation sites excluding steroid dienone is 3. The normalized spacial score (nSPS) is 21.0. The van der Waals surface area contributed by atoms with Gasteiger partial charge >= 0.3 is 0 Å². The van der Waals surface area contributed by atoms with E-state index in [1.807, 2.05) is 0 Å². The Morgan fingerprint density at radius 1 is 1.25 bits per heavy atom. The van der Waals surface area contributed by atoms with Gasteiger partial charge in [-0.25, -0.2) is 8.78 Å². The van der Waals surface area contributed by atoms with E-state index in [1.165, 1.54) is 0 Å². The summed E-state index contributed by atoms with van der Waals surface area (Å²) < 4.78 is 25.5. The summed E-state index contributed by atoms with van der Waals surface area (Å²) in [6.45, 7) is 0. The SMILES string of the molecule is N=C1C=C2N=NN=C2C(F)=C1F. The Morgan fingerprint density at radius 2 is 2.00 bits per heavy atom. The van der Waals surface area contributed by atoms with Crippen LogP contribution in [0.2, 0.25) is 0 Å². The zero-order valence-electron chi connectivity index (χ0n) is 5.67. The lowest BCUT2D eigenvalue weighted by atomic mass is 10.1. The summed E-state index contributed by atoms with van der Waals surface area (Å²) in [5, 5.41) is 16.8. The van der Waals surface area contributed by atoms with E-state index < -0.39 is 17.4 Å². The summed E-state index contributed by atoms with van der Waals surface area (Å²) in [5.41, 5.74) is -0.676. The van der Waals surface area contributed by atoms with Crippen molar-refractivity contribution >= 4 is 11.4 Å². The first-order chi connectivity index (χ1) is 5.70. The van der Waals surface area contributed by atoms with Gasteiger partial charge in [0.1, 0.15) is 5.70 Å². The maximum absolute atomic E-state index is 12.9. The van der Waals surface area contributed by atoms with Crippen LogP contribution in [0.25, 0.3) is 0 Å². The van der Waals surface area contributed by atoms with Crippen molar-refractivity contribution in [2.45, 2.75) is 0 Å². The monoisotopic (exact) mass is 168 g/mol. The molecular formula is C6H2F2N4. The molecule has 2 rings (SSSR count). The van der Waals surface area contributed by atoms with Gasteiger partial charge in [0.25, 0.3) is 0 Å². The summed E-state index contributed by atoms with van der Waals surface area (Å²) in [5.74, 6) is -2.38. The van der Waals surface area contributed by atoms with E-state index in [2.05, 4.69) is 15.4 Å². The number of rotatable bonds is 0. The van der Waals surface area contributed by atoms with E-state index in [-0.39, 0.29) is 11.4 Å². The minimum atomic E-state index is -1.22. The van der Waals surface area contributed by atoms with Gasteiger partial charge in [-0.2, -0.15) is 0 Å². The average molecular weight is 168 g/mol. The largest absolute Gasteiger partial charge is 0.298 e. The first kappa shape index (κ1) is 6.96. The predicted octanol–water partition coefficient (Wildman–Crippen LogP) is 1.88. The molecule has 0 amide bonds. The van der Waals surface area contributed by atoms with Gasteiger partial charge in [-0.3, -0.25) is 5.41 Å². The highest BCUT2D eigenvalue weighted by Crippen LogP contribution is 2.26. The molecule has 0 atom stereocenters. The Morgan fingerprint density at radius 3 is 2.75 bits per heavy atom. The van der Waals surface area contributed by atoms with Crippen LogP contribution in [0.4, 0.5) is 8.78 Å². The number of nitrogens with one attached hydrogen (secondary N) is 1. The second-order valence-corrected chi connectivity index (χ2v) is 2.21. The lowest BCUT2D eigenvalue weighted by Crippen LogP contribution is -2.11. The van der Waals surface area contributed by atoms with Crippen LogP contribution in [0.5, 0.6) is 0 Å². The van der Waals surface area contributed by atoms with Crippen LogP contribution in [0.3, 0.4) is 0 Å². The van der Waals surface area contributed by atoms with Gasteiger partial charge in [0, 0.05) is 0 Å². The van der Waals surface area contributed by atoms with Gasteiger partial charge in [0.05, 0.1) is 5.71 Å². The van der Waals surface area contributed by atoms with Gasteiger partial charge in [-0.1, -0.05) is 0 Å². The first-order valence-electron chi connectivity index (χ1n) is 3.05. The standard InChI is InChI=1S/C6H2F2N4/c7-4-2(9)1-3-6(5(4)8)11-12-10-3/h1,9H. The molecule has 0 fully saturated rings. The van der Waals surface area contributed by atoms with E-state index >= 15 is 0 Å². The summed E-state index contributed by atoms with van der Waals surface area (Å²) >= 11 is 0. The first-order valence-corrected chi connectivity index (χ1v) is 3.05. The number of halogens is 2. The molecule has 6 heteroatoms. The molecular weight excluding hydrogens is 166 g/mol. The maximum atomic E-state index is 12.9. The minimum Gasteiger partial charge on any atom is -0.298 e. The van der Waals surface area contributed by atoms with Crippen LogP contribution in [0.15, 0.2) is 38.9 Å². The van der Waals surface area contributed by atoms with E-state index in [9.17, 15) is 8.78 Å². The highest BCUT2D eigenvalue weighted by molar-refractivity contribution is 6.23. The zero-order valence-corrected chi connectivity index (χ0v) is 5.67. The van der Waals surface area contributed by atoms with Crippen molar-refractivity contribution in [2.24, 2.45) is 15.4 Å². The molecule has 1 heterocycles. The van der Waals surface area contributed by atoms with Crippen LogP contribution >= 0.6 is 0 Å². The van der Waals surface area contributed by atoms with Crippen molar-refractivity contribution in [1.29, 1.82) is 5.41 Å². The fourth-order valence-electron chi connectivity index (χ4n) is 0.890. The molecule has 1 aliphatic carbocycles. The molecule has 0 aromatic carbocycles. The van der Waals surface area contributed by atoms with Crippen molar-refractivity contribution < 1.29 is 8.78 Å². The van der Waals surface area contributed by atoms with Gasteiger partial charge in [0.15, 0.2) is 17.4 Å². The number of hydrogen-bond acceptors (Lipinski definition) is 4. The quantitative estimate of drug-likeness (QED) is 0.537. The molecule has 60 valence electrons. The van der Waals surface area contributed by atoms with Gasteiger partial charge in [-0.15, -0.1) is 10.2 Å². The predicted molar refractivity (Wildman–Crippen MR) is 37.3 cm³/mol. The highest BCUT2D eigenvalue weighted by atomic mass is 19.2. The second-order valence-electron chi connectivity index (χ2n) is 2.21. The molecule has 0 bridgehead atoms. The van der Waals surface area contributed by atoms with E-state index in [4.69, 9.17) is 5.41 Å². The van der Waals surface area contributed by atoms with Gasteiger partial charge in [-0.05, 0) is 11.3 Å². The van der Waals surface area contributed by atoms with E-state index in [0.717, 1.165) is 6.08 Å². The molecule has 0 radical (unpaired) electrons. The summed E-state index contributed by atoms with van der Waals surface area (Å²) in [6, 6.07) is 0. The van der Waals surface area contributed by atoms with Crippen molar-refractivity contribution in [1.82, 2.24) is 0 Å². The highest BCUT2D eigenvalue weighted by Gasteiger charge is 2.28. The summed E-state index contributed by atoms with van der Waals surface area (Å²) in [4.78, 5) is 0. The fourth-order valence-corrected chi connectivity index (χ4v) is 0.890. The molecule has 0 aromatic rings. The summed E-state index contributed by atoms with van der Waals surface area (Å²) in [6.07, 6.45) is 1.08. The average Bonchev–Trinajstić information content (AvgIpc) is 2.48. The van der Waals surface area contributed by atoms with E-state index in [1.54, 1.807) is 0 Å². The molecule has 2 aliphatic rings. The van der Waals surface area contributed by atoms with Gasteiger partial charge < -0.3 is 0 Å². The number of nitrogens with zero attached hydrogens (tertiary/aromatic N) is 3. The number of fused-ring (bicyclic) bond motifs is 1. The Hall–Kier alpha value is -1.72. The molecule has 0 saturated heterocycles. The molecule has 0 aromatic heterocycles. The Balaban J connectivity index is 2.59. The summed E-state index contributed by atoms with van der Waals surface area (Å²) in [7, 11) is 0. The smallest absolute Gasteiger partial charge is 0.190 e. The number of hydrogen-bond donors (Lipinski definition) is 1. The molecule has 1 aliphatic heterocycles. The van der Waals surface area contributed by atoms with Crippen LogP contribution in [0, 0.1) is 5.41 Å². The van der Waals surface area contributed by atoms with Crippen LogP contribution < -0.4 is 0 Å².